The molecule has 3 aromatic carbocycles. The number of carboxylic acids is 1. The summed E-state index contributed by atoms with van der Waals surface area (Å²) in [6.45, 7) is 3.80. The van der Waals surface area contributed by atoms with Gasteiger partial charge in [-0.2, -0.15) is 0 Å². The zero-order valence-corrected chi connectivity index (χ0v) is 43.8. The minimum atomic E-state index is -1.13. The van der Waals surface area contributed by atoms with E-state index in [-0.39, 0.29) is 54.3 Å². The highest BCUT2D eigenvalue weighted by Crippen LogP contribution is 2.34. The van der Waals surface area contributed by atoms with E-state index in [0.717, 1.165) is 22.4 Å². The third kappa shape index (κ3) is 10.2. The number of halogens is 6. The van der Waals surface area contributed by atoms with E-state index in [2.05, 4.69) is 93.6 Å². The normalized spacial score (nSPS) is 12.9. The van der Waals surface area contributed by atoms with Crippen LogP contribution in [-0.4, -0.2) is 85.7 Å². The number of primary amides is 1. The van der Waals surface area contributed by atoms with Crippen molar-refractivity contribution in [3.63, 3.8) is 0 Å². The van der Waals surface area contributed by atoms with Gasteiger partial charge in [0.25, 0.3) is 5.91 Å². The van der Waals surface area contributed by atoms with Crippen LogP contribution in [0.15, 0.2) is 87.0 Å². The number of ether oxygens (including phenoxy) is 3. The molecular formula is C49H39Br3F3N13O7. The zero-order chi connectivity index (χ0) is 52.7. The van der Waals surface area contributed by atoms with Crippen molar-refractivity contribution in [3.8, 4) is 17.2 Å². The molecule has 6 aromatic heterocycles. The largest absolute Gasteiger partial charge is 0.493 e. The molecule has 12 rings (SSSR count). The molecule has 0 saturated heterocycles. The van der Waals surface area contributed by atoms with Crippen LogP contribution in [0.2, 0.25) is 0 Å². The third-order valence-corrected chi connectivity index (χ3v) is 13.9. The van der Waals surface area contributed by atoms with Crippen LogP contribution in [-0.2, 0) is 38.9 Å². The molecule has 0 atom stereocenters. The van der Waals surface area contributed by atoms with E-state index >= 15 is 0 Å². The smallest absolute Gasteiger partial charge is 0.356 e. The lowest BCUT2D eigenvalue weighted by atomic mass is 10.0. The predicted molar refractivity (Wildman–Crippen MR) is 276 cm³/mol. The maximum absolute atomic E-state index is 14.2. The second-order valence-electron chi connectivity index (χ2n) is 16.8. The Morgan fingerprint density at radius 1 is 0.573 bits per heavy atom. The molecule has 0 unspecified atom stereocenters. The number of carbonyl (C=O) groups excluding carboxylic acids is 2. The second kappa shape index (κ2) is 21.2. The zero-order valence-electron chi connectivity index (χ0n) is 39.1. The molecule has 0 saturated carbocycles. The summed E-state index contributed by atoms with van der Waals surface area (Å²) in [4.78, 5) is 59.5. The van der Waals surface area contributed by atoms with Crippen LogP contribution >= 0.6 is 47.8 Å². The van der Waals surface area contributed by atoms with Crippen molar-refractivity contribution in [2.75, 3.05) is 35.8 Å². The summed E-state index contributed by atoms with van der Waals surface area (Å²) in [6.07, 6.45) is 11.2. The van der Waals surface area contributed by atoms with Crippen molar-refractivity contribution in [1.29, 1.82) is 0 Å². The maximum Gasteiger partial charge on any atom is 0.356 e. The predicted octanol–water partition coefficient (Wildman–Crippen LogP) is 8.53. The molecule has 26 heteroatoms. The molecule has 3 aliphatic heterocycles. The summed E-state index contributed by atoms with van der Waals surface area (Å²) in [7, 11) is 0. The number of fused-ring (bicyclic) bond motifs is 6. The lowest BCUT2D eigenvalue weighted by Crippen LogP contribution is -2.11. The summed E-state index contributed by atoms with van der Waals surface area (Å²) < 4.78 is 65.8. The topological polar surface area (TPSA) is 252 Å². The van der Waals surface area contributed by atoms with E-state index in [9.17, 15) is 27.6 Å². The number of aromatic carboxylic acids is 1. The Labute approximate surface area is 447 Å². The second-order valence-corrected chi connectivity index (χ2v) is 19.4. The molecule has 20 nitrogen and oxygen atoms in total. The summed E-state index contributed by atoms with van der Waals surface area (Å²) >= 11 is 10.0. The molecule has 0 aliphatic carbocycles. The van der Waals surface area contributed by atoms with Gasteiger partial charge in [0, 0.05) is 116 Å². The molecule has 75 heavy (non-hydrogen) atoms. The van der Waals surface area contributed by atoms with Gasteiger partial charge < -0.3 is 41.0 Å². The van der Waals surface area contributed by atoms with Gasteiger partial charge in [-0.1, -0.05) is 0 Å². The maximum atomic E-state index is 14.2. The van der Waals surface area contributed by atoms with Gasteiger partial charge in [-0.05, 0) is 84.2 Å². The number of carbonyl (C=O) groups is 3. The van der Waals surface area contributed by atoms with Crippen molar-refractivity contribution in [2.45, 2.75) is 45.8 Å². The molecule has 384 valence electrons. The van der Waals surface area contributed by atoms with Crippen LogP contribution in [0.25, 0.3) is 16.9 Å². The van der Waals surface area contributed by atoms with Crippen molar-refractivity contribution >= 4 is 100 Å². The number of nitrogens with two attached hydrogens (primary N) is 1. The molecule has 3 aliphatic rings. The van der Waals surface area contributed by atoms with Crippen molar-refractivity contribution in [3.05, 3.63) is 155 Å². The fraction of sp³-hybridized carbons (Fsp3) is 0.204. The van der Waals surface area contributed by atoms with Gasteiger partial charge in [-0.3, -0.25) is 22.8 Å². The molecule has 6 N–H and O–H groups in total. The Morgan fingerprint density at radius 3 is 1.25 bits per heavy atom. The van der Waals surface area contributed by atoms with E-state index in [1.807, 2.05) is 0 Å². The number of carboxylic acid groups (broad SMARTS) is 1. The number of benzene rings is 3. The lowest BCUT2D eigenvalue weighted by Gasteiger charge is -2.12. The molecule has 9 aromatic rings. The van der Waals surface area contributed by atoms with E-state index in [1.54, 1.807) is 45.6 Å². The van der Waals surface area contributed by atoms with Crippen LogP contribution in [0, 0.1) is 17.5 Å². The van der Waals surface area contributed by atoms with Gasteiger partial charge in [0.1, 0.15) is 46.1 Å². The third-order valence-electron chi connectivity index (χ3n) is 12.3. The van der Waals surface area contributed by atoms with E-state index in [0.29, 0.717) is 121 Å². The van der Waals surface area contributed by atoms with Crippen molar-refractivity contribution < 1.29 is 46.9 Å². The fourth-order valence-electron chi connectivity index (χ4n) is 8.65. The number of nitrogens with one attached hydrogen (secondary N) is 3. The highest BCUT2D eigenvalue weighted by Gasteiger charge is 2.24. The number of aromatic nitrogens is 9. The first-order chi connectivity index (χ1) is 36.1. The quantitative estimate of drug-likeness (QED) is 0.0719. The minimum absolute atomic E-state index is 0.100. The van der Waals surface area contributed by atoms with E-state index in [4.69, 9.17) is 25.1 Å². The van der Waals surface area contributed by atoms with Gasteiger partial charge in [0.05, 0.1) is 33.2 Å². The van der Waals surface area contributed by atoms with Crippen LogP contribution < -0.4 is 35.9 Å². The number of Topliss-reactive ketones (excluding diaryl/α,β-unsaturated/α-hetero) is 1. The Bertz CT molecular complexity index is 3390. The molecule has 1 amide bonds. The number of anilines is 3. The van der Waals surface area contributed by atoms with Crippen LogP contribution in [0.5, 0.6) is 17.2 Å². The highest BCUT2D eigenvalue weighted by molar-refractivity contribution is 9.11. The van der Waals surface area contributed by atoms with Gasteiger partial charge in [0.2, 0.25) is 17.8 Å². The van der Waals surface area contributed by atoms with E-state index < -0.39 is 11.9 Å². The molecule has 0 spiro atoms. The Morgan fingerprint density at radius 2 is 0.907 bits per heavy atom. The Balaban J connectivity index is 0.000000128. The highest BCUT2D eigenvalue weighted by atomic mass is 79.9. The monoisotopic (exact) mass is 1220 g/mol. The van der Waals surface area contributed by atoms with Gasteiger partial charge in [-0.15, -0.1) is 0 Å². The van der Waals surface area contributed by atoms with Crippen LogP contribution in [0.1, 0.15) is 71.8 Å². The van der Waals surface area contributed by atoms with Gasteiger partial charge >= 0.3 is 5.97 Å². The molecular weight excluding hydrogens is 1180 g/mol. The Kier molecular flexibility index (Phi) is 14.3. The van der Waals surface area contributed by atoms with Gasteiger partial charge in [0.15, 0.2) is 28.4 Å². The average molecular weight is 1220 g/mol. The fourth-order valence-corrected chi connectivity index (χ4v) is 9.80. The van der Waals surface area contributed by atoms with Crippen molar-refractivity contribution in [1.82, 2.24) is 43.1 Å². The standard InChI is InChI=1S/C17H14BrFN4O2.C16H13BrFN5O2.C16H12BrFN4O3/c1-9(24)14-8-23-16(22-14)12(18)7-21-17(23)20-6-11-10-4-5-25-15(10)3-2-13(11)19;17-10-6-21-16(23-7-12(14(19)24)22-15(10)23)20-5-9-8-3-4-25-13(8)2-1-11(9)18;17-10-6-20-16(22-7-12(15(23)24)21-14(10)22)19-5-9-8-3-4-25-13(8)2-1-11(9)18/h2-3,7-8H,4-6H2,1H3,(H,20,21);1-2,6-7H,3-5H2,(H2,19,24)(H,20,21);1-2,6-7H,3-5H2,(H,19,20)(H,23,24). The summed E-state index contributed by atoms with van der Waals surface area (Å²) in [5, 5.41) is 18.4. The number of hydrogen-bond donors (Lipinski definition) is 5. The number of nitrogens with zero attached hydrogens (tertiary/aromatic N) is 9. The first-order valence-electron chi connectivity index (χ1n) is 22.8. The first-order valence-corrected chi connectivity index (χ1v) is 25.2. The summed E-state index contributed by atoms with van der Waals surface area (Å²) in [5.74, 6) is 0.622. The molecule has 0 bridgehead atoms. The number of imidazole rings is 3. The Hall–Kier alpha value is -7.84. The average Bonchev–Trinajstić information content (AvgIpc) is 4.26. The number of hydrogen-bond acceptors (Lipinski definition) is 15. The van der Waals surface area contributed by atoms with Crippen LogP contribution in [0.4, 0.5) is 31.0 Å². The SMILES string of the molecule is CC(=O)c1cn2c(NCc3c(F)ccc4c3CCO4)ncc(Br)c2n1.NC(=O)c1cn2c(NCc3c(F)ccc4c3CCO4)ncc(Br)c2n1.O=C(O)c1cn2c(NCc3c(F)ccc4c3CCO4)ncc(Br)c2n1. The molecule has 0 radical (unpaired) electrons. The minimum Gasteiger partial charge on any atom is -0.493 e. The first kappa shape index (κ1) is 50.7. The number of amides is 1. The van der Waals surface area contributed by atoms with Crippen molar-refractivity contribution in [2.24, 2.45) is 5.73 Å². The lowest BCUT2D eigenvalue weighted by molar-refractivity contribution is 0.0690. The summed E-state index contributed by atoms with van der Waals surface area (Å²) in [6, 6.07) is 9.13. The number of rotatable bonds is 12. The number of ketones is 1. The van der Waals surface area contributed by atoms with E-state index in [1.165, 1.54) is 48.1 Å². The van der Waals surface area contributed by atoms with Crippen LogP contribution in [0.3, 0.4) is 0 Å². The molecule has 0 fully saturated rings. The van der Waals surface area contributed by atoms with Gasteiger partial charge in [-0.25, -0.2) is 47.9 Å². The molecule has 9 heterocycles. The summed E-state index contributed by atoms with van der Waals surface area (Å²) in [5.41, 5.74) is 11.4.